The Morgan fingerprint density at radius 2 is 1.77 bits per heavy atom. The second kappa shape index (κ2) is 8.59. The van der Waals surface area contributed by atoms with Gasteiger partial charge in [0, 0.05) is 10.2 Å². The molecular formula is C18H20BrNO2. The summed E-state index contributed by atoms with van der Waals surface area (Å²) in [7, 11) is 0. The van der Waals surface area contributed by atoms with Crippen molar-refractivity contribution in [1.82, 2.24) is 0 Å². The highest BCUT2D eigenvalue weighted by Gasteiger charge is 2.04. The lowest BCUT2D eigenvalue weighted by Crippen LogP contribution is -2.14. The second-order valence-corrected chi connectivity index (χ2v) is 5.99. The summed E-state index contributed by atoms with van der Waals surface area (Å²) in [6, 6.07) is 15.2. The van der Waals surface area contributed by atoms with Crippen LogP contribution in [0.1, 0.15) is 25.3 Å². The van der Waals surface area contributed by atoms with Crippen LogP contribution in [0.15, 0.2) is 53.0 Å². The summed E-state index contributed by atoms with van der Waals surface area (Å²) in [6.07, 6.45) is 2.53. The fourth-order valence-corrected chi connectivity index (χ4v) is 2.23. The molecule has 3 nitrogen and oxygen atoms in total. The zero-order valence-electron chi connectivity index (χ0n) is 12.6. The standard InChI is InChI=1S/C18H20BrNO2/c1-2-3-12-22-17-10-8-16(9-11-17)20-18(21)13-14-4-6-15(19)7-5-14/h4-11H,2-3,12-13H2,1H3,(H,20,21). The summed E-state index contributed by atoms with van der Waals surface area (Å²) in [5.74, 6) is 0.807. The Morgan fingerprint density at radius 3 is 2.41 bits per heavy atom. The van der Waals surface area contributed by atoms with Gasteiger partial charge in [0.25, 0.3) is 0 Å². The third-order valence-electron chi connectivity index (χ3n) is 3.18. The number of anilines is 1. The maximum absolute atomic E-state index is 12.0. The van der Waals surface area contributed by atoms with Crippen molar-refractivity contribution in [3.05, 3.63) is 58.6 Å². The predicted octanol–water partition coefficient (Wildman–Crippen LogP) is 4.81. The molecule has 0 aliphatic carbocycles. The van der Waals surface area contributed by atoms with Gasteiger partial charge in [-0.2, -0.15) is 0 Å². The first-order valence-electron chi connectivity index (χ1n) is 7.44. The van der Waals surface area contributed by atoms with Crippen LogP contribution in [-0.4, -0.2) is 12.5 Å². The van der Waals surface area contributed by atoms with Crippen molar-refractivity contribution in [2.75, 3.05) is 11.9 Å². The summed E-state index contributed by atoms with van der Waals surface area (Å²) >= 11 is 3.38. The van der Waals surface area contributed by atoms with Crippen molar-refractivity contribution in [2.24, 2.45) is 0 Å². The average Bonchev–Trinajstić information content (AvgIpc) is 2.51. The van der Waals surface area contributed by atoms with Gasteiger partial charge in [0.05, 0.1) is 13.0 Å². The number of hydrogen-bond donors (Lipinski definition) is 1. The first kappa shape index (κ1) is 16.6. The Labute approximate surface area is 139 Å². The topological polar surface area (TPSA) is 38.3 Å². The summed E-state index contributed by atoms with van der Waals surface area (Å²) in [6.45, 7) is 2.86. The fraction of sp³-hybridized carbons (Fsp3) is 0.278. The van der Waals surface area contributed by atoms with E-state index in [4.69, 9.17) is 4.74 Å². The molecule has 0 heterocycles. The van der Waals surface area contributed by atoms with E-state index >= 15 is 0 Å². The molecule has 0 radical (unpaired) electrons. The van der Waals surface area contributed by atoms with Crippen LogP contribution in [0.25, 0.3) is 0 Å². The van der Waals surface area contributed by atoms with Gasteiger partial charge >= 0.3 is 0 Å². The van der Waals surface area contributed by atoms with Crippen LogP contribution in [0.3, 0.4) is 0 Å². The van der Waals surface area contributed by atoms with Crippen molar-refractivity contribution < 1.29 is 9.53 Å². The summed E-state index contributed by atoms with van der Waals surface area (Å²) < 4.78 is 6.61. The molecule has 1 N–H and O–H groups in total. The molecular weight excluding hydrogens is 342 g/mol. The normalized spacial score (nSPS) is 10.3. The minimum Gasteiger partial charge on any atom is -0.494 e. The molecule has 0 spiro atoms. The number of rotatable bonds is 7. The van der Waals surface area contributed by atoms with Crippen LogP contribution in [0.2, 0.25) is 0 Å². The molecule has 0 aliphatic rings. The van der Waals surface area contributed by atoms with Gasteiger partial charge in [0.2, 0.25) is 5.91 Å². The van der Waals surface area contributed by atoms with Gasteiger partial charge in [-0.25, -0.2) is 0 Å². The maximum Gasteiger partial charge on any atom is 0.228 e. The van der Waals surface area contributed by atoms with Crippen molar-refractivity contribution in [2.45, 2.75) is 26.2 Å². The lowest BCUT2D eigenvalue weighted by atomic mass is 10.1. The van der Waals surface area contributed by atoms with Gasteiger partial charge in [-0.3, -0.25) is 4.79 Å². The lowest BCUT2D eigenvalue weighted by Gasteiger charge is -2.08. The average molecular weight is 362 g/mol. The first-order chi connectivity index (χ1) is 10.7. The van der Waals surface area contributed by atoms with Gasteiger partial charge in [-0.15, -0.1) is 0 Å². The number of carbonyl (C=O) groups excluding carboxylic acids is 1. The minimum atomic E-state index is -0.0260. The summed E-state index contributed by atoms with van der Waals surface area (Å²) in [4.78, 5) is 12.0. The molecule has 2 aromatic rings. The van der Waals surface area contributed by atoms with Crippen LogP contribution < -0.4 is 10.1 Å². The van der Waals surface area contributed by atoms with E-state index in [0.29, 0.717) is 6.42 Å². The molecule has 0 aliphatic heterocycles. The van der Waals surface area contributed by atoms with Crippen LogP contribution in [0.4, 0.5) is 5.69 Å². The van der Waals surface area contributed by atoms with Crippen molar-refractivity contribution in [1.29, 1.82) is 0 Å². The number of unbranched alkanes of at least 4 members (excludes halogenated alkanes) is 1. The molecule has 0 unspecified atom stereocenters. The quantitative estimate of drug-likeness (QED) is 0.718. The number of nitrogens with one attached hydrogen (secondary N) is 1. The van der Waals surface area contributed by atoms with E-state index in [-0.39, 0.29) is 5.91 Å². The van der Waals surface area contributed by atoms with E-state index in [2.05, 4.69) is 28.2 Å². The third kappa shape index (κ3) is 5.53. The molecule has 1 amide bonds. The predicted molar refractivity (Wildman–Crippen MR) is 93.3 cm³/mol. The Kier molecular flexibility index (Phi) is 6.46. The zero-order chi connectivity index (χ0) is 15.8. The molecule has 0 aromatic heterocycles. The monoisotopic (exact) mass is 361 g/mol. The Bertz CT molecular complexity index is 593. The highest BCUT2D eigenvalue weighted by molar-refractivity contribution is 9.10. The minimum absolute atomic E-state index is 0.0260. The second-order valence-electron chi connectivity index (χ2n) is 5.08. The van der Waals surface area contributed by atoms with Gasteiger partial charge in [0.15, 0.2) is 0 Å². The largest absolute Gasteiger partial charge is 0.494 e. The Hall–Kier alpha value is -1.81. The van der Waals surface area contributed by atoms with E-state index in [0.717, 1.165) is 40.9 Å². The maximum atomic E-state index is 12.0. The first-order valence-corrected chi connectivity index (χ1v) is 8.24. The summed E-state index contributed by atoms with van der Waals surface area (Å²) in [5, 5.41) is 2.89. The molecule has 4 heteroatoms. The zero-order valence-corrected chi connectivity index (χ0v) is 14.2. The molecule has 0 bridgehead atoms. The number of benzene rings is 2. The third-order valence-corrected chi connectivity index (χ3v) is 3.71. The number of ether oxygens (including phenoxy) is 1. The van der Waals surface area contributed by atoms with Crippen molar-refractivity contribution in [3.63, 3.8) is 0 Å². The molecule has 0 saturated heterocycles. The molecule has 2 rings (SSSR count). The molecule has 0 atom stereocenters. The van der Waals surface area contributed by atoms with Gasteiger partial charge in [0.1, 0.15) is 5.75 Å². The van der Waals surface area contributed by atoms with Crippen LogP contribution in [-0.2, 0) is 11.2 Å². The highest BCUT2D eigenvalue weighted by atomic mass is 79.9. The molecule has 116 valence electrons. The number of hydrogen-bond acceptors (Lipinski definition) is 2. The number of halogens is 1. The number of amides is 1. The van der Waals surface area contributed by atoms with E-state index in [9.17, 15) is 4.79 Å². The van der Waals surface area contributed by atoms with E-state index in [1.54, 1.807) is 0 Å². The van der Waals surface area contributed by atoms with Crippen LogP contribution >= 0.6 is 15.9 Å². The van der Waals surface area contributed by atoms with E-state index in [1.165, 1.54) is 0 Å². The Morgan fingerprint density at radius 1 is 1.09 bits per heavy atom. The summed E-state index contributed by atoms with van der Waals surface area (Å²) in [5.41, 5.74) is 1.77. The van der Waals surface area contributed by atoms with E-state index < -0.39 is 0 Å². The van der Waals surface area contributed by atoms with Crippen LogP contribution in [0.5, 0.6) is 5.75 Å². The Balaban J connectivity index is 1.84. The van der Waals surface area contributed by atoms with E-state index in [1.807, 2.05) is 48.5 Å². The number of carbonyl (C=O) groups is 1. The van der Waals surface area contributed by atoms with Gasteiger partial charge in [-0.1, -0.05) is 41.4 Å². The fourth-order valence-electron chi connectivity index (χ4n) is 1.96. The lowest BCUT2D eigenvalue weighted by molar-refractivity contribution is -0.115. The van der Waals surface area contributed by atoms with Gasteiger partial charge in [-0.05, 0) is 48.4 Å². The molecule has 0 fully saturated rings. The van der Waals surface area contributed by atoms with Crippen LogP contribution in [0, 0.1) is 0 Å². The highest BCUT2D eigenvalue weighted by Crippen LogP contribution is 2.17. The molecule has 0 saturated carbocycles. The molecule has 2 aromatic carbocycles. The van der Waals surface area contributed by atoms with Crippen molar-refractivity contribution in [3.8, 4) is 5.75 Å². The van der Waals surface area contributed by atoms with Crippen molar-refractivity contribution >= 4 is 27.5 Å². The van der Waals surface area contributed by atoms with Gasteiger partial charge < -0.3 is 10.1 Å². The SMILES string of the molecule is CCCCOc1ccc(NC(=O)Cc2ccc(Br)cc2)cc1. The molecule has 22 heavy (non-hydrogen) atoms. The smallest absolute Gasteiger partial charge is 0.228 e.